The first-order valence-electron chi connectivity index (χ1n) is 6.48. The van der Waals surface area contributed by atoms with E-state index in [2.05, 4.69) is 44.9 Å². The van der Waals surface area contributed by atoms with Gasteiger partial charge in [0.05, 0.1) is 6.10 Å². The van der Waals surface area contributed by atoms with Crippen molar-refractivity contribution in [3.05, 3.63) is 29.6 Å². The summed E-state index contributed by atoms with van der Waals surface area (Å²) in [7, 11) is -1.79. The van der Waals surface area contributed by atoms with Crippen LogP contribution in [-0.2, 0) is 4.43 Å². The fourth-order valence-corrected chi connectivity index (χ4v) is 2.75. The van der Waals surface area contributed by atoms with Gasteiger partial charge in [-0.05, 0) is 36.7 Å². The van der Waals surface area contributed by atoms with E-state index < -0.39 is 8.32 Å². The molecule has 1 aromatic rings. The third kappa shape index (κ3) is 3.64. The van der Waals surface area contributed by atoms with E-state index in [1.165, 1.54) is 0 Å². The molecule has 18 heavy (non-hydrogen) atoms. The summed E-state index contributed by atoms with van der Waals surface area (Å²) in [6.07, 6.45) is 1.83. The van der Waals surface area contributed by atoms with Gasteiger partial charge < -0.3 is 10.2 Å². The van der Waals surface area contributed by atoms with Crippen molar-refractivity contribution in [1.29, 1.82) is 0 Å². The number of rotatable bonds is 4. The summed E-state index contributed by atoms with van der Waals surface area (Å²) in [4.78, 5) is 4.32. The monoisotopic (exact) mass is 266 g/mol. The Labute approximate surface area is 112 Å². The summed E-state index contributed by atoms with van der Waals surface area (Å²) < 4.78 is 6.35. The highest BCUT2D eigenvalue weighted by Gasteiger charge is 2.39. The molecule has 4 heteroatoms. The lowest BCUT2D eigenvalue weighted by atomic mass is 10.1. The molecule has 0 saturated carbocycles. The van der Waals surface area contributed by atoms with E-state index in [0.29, 0.717) is 6.54 Å². The van der Waals surface area contributed by atoms with Gasteiger partial charge in [-0.15, -0.1) is 0 Å². The quantitative estimate of drug-likeness (QED) is 0.850. The van der Waals surface area contributed by atoms with Gasteiger partial charge in [0, 0.05) is 18.4 Å². The van der Waals surface area contributed by atoms with E-state index >= 15 is 0 Å². The summed E-state index contributed by atoms with van der Waals surface area (Å²) >= 11 is 0. The predicted octanol–water partition coefficient (Wildman–Crippen LogP) is 3.41. The first-order chi connectivity index (χ1) is 8.17. The molecule has 0 amide bonds. The maximum absolute atomic E-state index is 6.35. The first-order valence-corrected chi connectivity index (χ1v) is 9.38. The molecule has 0 spiro atoms. The molecule has 0 aliphatic rings. The van der Waals surface area contributed by atoms with Gasteiger partial charge in [0.15, 0.2) is 8.32 Å². The van der Waals surface area contributed by atoms with Gasteiger partial charge in [-0.2, -0.15) is 0 Å². The van der Waals surface area contributed by atoms with Crippen LogP contribution in [0.3, 0.4) is 0 Å². The Morgan fingerprint density at radius 1 is 1.33 bits per heavy atom. The van der Waals surface area contributed by atoms with Gasteiger partial charge >= 0.3 is 0 Å². The maximum Gasteiger partial charge on any atom is 0.192 e. The zero-order valence-corrected chi connectivity index (χ0v) is 13.4. The van der Waals surface area contributed by atoms with Crippen LogP contribution < -0.4 is 5.73 Å². The molecule has 1 rings (SSSR count). The molecule has 0 saturated heterocycles. The number of aromatic nitrogens is 1. The molecule has 0 radical (unpaired) electrons. The van der Waals surface area contributed by atoms with E-state index in [4.69, 9.17) is 10.2 Å². The van der Waals surface area contributed by atoms with Crippen molar-refractivity contribution in [2.75, 3.05) is 6.54 Å². The largest absolute Gasteiger partial charge is 0.409 e. The van der Waals surface area contributed by atoms with Crippen LogP contribution in [0.4, 0.5) is 0 Å². The highest BCUT2D eigenvalue weighted by Crippen LogP contribution is 2.39. The van der Waals surface area contributed by atoms with E-state index in [-0.39, 0.29) is 11.1 Å². The van der Waals surface area contributed by atoms with Gasteiger partial charge in [0.2, 0.25) is 0 Å². The van der Waals surface area contributed by atoms with Crippen LogP contribution in [0.15, 0.2) is 18.3 Å². The summed E-state index contributed by atoms with van der Waals surface area (Å²) in [6, 6.07) is 4.07. The molecule has 1 aromatic heterocycles. The molecule has 0 bridgehead atoms. The Bertz CT molecular complexity index is 382. The molecule has 3 nitrogen and oxygen atoms in total. The van der Waals surface area contributed by atoms with Crippen molar-refractivity contribution < 1.29 is 4.43 Å². The molecule has 102 valence electrons. The van der Waals surface area contributed by atoms with Gasteiger partial charge in [0.25, 0.3) is 0 Å². The van der Waals surface area contributed by atoms with E-state index in [1.807, 2.05) is 19.2 Å². The summed E-state index contributed by atoms with van der Waals surface area (Å²) in [5.74, 6) is 0. The average molecular weight is 266 g/mol. The van der Waals surface area contributed by atoms with Crippen molar-refractivity contribution in [2.45, 2.75) is 51.9 Å². The van der Waals surface area contributed by atoms with Gasteiger partial charge in [0.1, 0.15) is 0 Å². The minimum atomic E-state index is -1.79. The Morgan fingerprint density at radius 3 is 2.33 bits per heavy atom. The lowest BCUT2D eigenvalue weighted by molar-refractivity contribution is 0.191. The predicted molar refractivity (Wildman–Crippen MR) is 79.1 cm³/mol. The standard InChI is InChI=1S/C14H26N2OSi/c1-11-7-8-12(10-16-11)13(9-15)17-18(5,6)14(2,3)4/h7-8,10,13H,9,15H2,1-6H3/t13-/m1/s1. The van der Waals surface area contributed by atoms with Crippen LogP contribution in [0.1, 0.15) is 38.1 Å². The Morgan fingerprint density at radius 2 is 1.94 bits per heavy atom. The molecule has 0 aliphatic carbocycles. The van der Waals surface area contributed by atoms with Crippen LogP contribution in [0.5, 0.6) is 0 Å². The van der Waals surface area contributed by atoms with Crippen LogP contribution in [0.2, 0.25) is 18.1 Å². The summed E-state index contributed by atoms with van der Waals surface area (Å²) in [6.45, 7) is 13.7. The van der Waals surface area contributed by atoms with E-state index in [1.54, 1.807) is 0 Å². The fraction of sp³-hybridized carbons (Fsp3) is 0.643. The number of hydrogen-bond acceptors (Lipinski definition) is 3. The third-order valence-corrected chi connectivity index (χ3v) is 8.25. The minimum absolute atomic E-state index is 0.0426. The SMILES string of the molecule is Cc1ccc([C@@H](CN)O[Si](C)(C)C(C)(C)C)cn1. The molecule has 0 fully saturated rings. The summed E-state index contributed by atoms with van der Waals surface area (Å²) in [5, 5.41) is 0.193. The Balaban J connectivity index is 2.89. The molecule has 0 unspecified atom stereocenters. The third-order valence-electron chi connectivity index (χ3n) is 3.76. The number of nitrogens with two attached hydrogens (primary N) is 1. The normalized spacial score (nSPS) is 14.6. The second kappa shape index (κ2) is 5.51. The van der Waals surface area contributed by atoms with Crippen LogP contribution in [-0.4, -0.2) is 19.8 Å². The fourth-order valence-electron chi connectivity index (χ4n) is 1.45. The van der Waals surface area contributed by atoms with Crippen LogP contribution >= 0.6 is 0 Å². The first kappa shape index (κ1) is 15.3. The topological polar surface area (TPSA) is 48.1 Å². The smallest absolute Gasteiger partial charge is 0.192 e. The van der Waals surface area contributed by atoms with Crippen molar-refractivity contribution in [3.63, 3.8) is 0 Å². The van der Waals surface area contributed by atoms with Gasteiger partial charge in [-0.25, -0.2) is 0 Å². The average Bonchev–Trinajstić information content (AvgIpc) is 2.25. The highest BCUT2D eigenvalue weighted by molar-refractivity contribution is 6.74. The number of nitrogens with zero attached hydrogens (tertiary/aromatic N) is 1. The van der Waals surface area contributed by atoms with Crippen molar-refractivity contribution in [2.24, 2.45) is 5.73 Å². The van der Waals surface area contributed by atoms with Crippen molar-refractivity contribution in [3.8, 4) is 0 Å². The van der Waals surface area contributed by atoms with Gasteiger partial charge in [-0.3, -0.25) is 4.98 Å². The number of hydrogen-bond donors (Lipinski definition) is 1. The molecule has 0 aromatic carbocycles. The number of aryl methyl sites for hydroxylation is 1. The molecule has 2 N–H and O–H groups in total. The molecule has 1 atom stereocenters. The lowest BCUT2D eigenvalue weighted by Gasteiger charge is -2.39. The number of pyridine rings is 1. The van der Waals surface area contributed by atoms with E-state index in [9.17, 15) is 0 Å². The van der Waals surface area contributed by atoms with Gasteiger partial charge in [-0.1, -0.05) is 26.8 Å². The van der Waals surface area contributed by atoms with Crippen molar-refractivity contribution >= 4 is 8.32 Å². The minimum Gasteiger partial charge on any atom is -0.409 e. The second-order valence-corrected chi connectivity index (χ2v) is 11.1. The highest BCUT2D eigenvalue weighted by atomic mass is 28.4. The molecular formula is C14H26N2OSi. The molecular weight excluding hydrogens is 240 g/mol. The Hall–Kier alpha value is -0.713. The zero-order valence-electron chi connectivity index (χ0n) is 12.4. The summed E-state index contributed by atoms with van der Waals surface area (Å²) in [5.41, 5.74) is 7.96. The van der Waals surface area contributed by atoms with Crippen LogP contribution in [0.25, 0.3) is 0 Å². The maximum atomic E-state index is 6.35. The lowest BCUT2D eigenvalue weighted by Crippen LogP contribution is -2.43. The van der Waals surface area contributed by atoms with E-state index in [0.717, 1.165) is 11.3 Å². The zero-order chi connectivity index (χ0) is 14.0. The molecule has 0 aliphatic heterocycles. The Kier molecular flexibility index (Phi) is 4.70. The molecule has 1 heterocycles. The van der Waals surface area contributed by atoms with Crippen LogP contribution in [0, 0.1) is 6.92 Å². The van der Waals surface area contributed by atoms with Crippen molar-refractivity contribution in [1.82, 2.24) is 4.98 Å². The second-order valence-electron chi connectivity index (χ2n) is 6.34.